The number of primary amides is 1. The van der Waals surface area contributed by atoms with Crippen LogP contribution in [0.15, 0.2) is 30.6 Å². The van der Waals surface area contributed by atoms with Crippen LogP contribution < -0.4 is 5.73 Å². The van der Waals surface area contributed by atoms with E-state index in [1.807, 2.05) is 21.8 Å². The fraction of sp³-hybridized carbons (Fsp3) is 0.357. The first-order valence-electron chi connectivity index (χ1n) is 6.83. The number of carbonyl (C=O) groups excluding carboxylic acids is 2. The Morgan fingerprint density at radius 3 is 2.86 bits per heavy atom. The Bertz CT molecular complexity index is 650. The molecule has 7 heteroatoms. The third-order valence-electron chi connectivity index (χ3n) is 3.65. The minimum Gasteiger partial charge on any atom is -0.365 e. The van der Waals surface area contributed by atoms with Crippen LogP contribution in [0.4, 0.5) is 0 Å². The molecule has 2 aromatic heterocycles. The lowest BCUT2D eigenvalue weighted by Crippen LogP contribution is -2.37. The van der Waals surface area contributed by atoms with Crippen molar-refractivity contribution in [3.63, 3.8) is 0 Å². The highest BCUT2D eigenvalue weighted by Crippen LogP contribution is 2.24. The van der Waals surface area contributed by atoms with E-state index in [2.05, 4.69) is 5.10 Å². The quantitative estimate of drug-likeness (QED) is 0.925. The molecule has 0 aliphatic carbocycles. The van der Waals surface area contributed by atoms with Crippen LogP contribution in [-0.4, -0.2) is 39.1 Å². The average molecular weight is 304 g/mol. The number of carbonyl (C=O) groups is 2. The molecule has 2 N–H and O–H groups in total. The van der Waals surface area contributed by atoms with Gasteiger partial charge in [0.1, 0.15) is 0 Å². The molecule has 1 saturated heterocycles. The van der Waals surface area contributed by atoms with E-state index in [4.69, 9.17) is 5.73 Å². The molecule has 0 saturated carbocycles. The van der Waals surface area contributed by atoms with Crippen LogP contribution in [0.3, 0.4) is 0 Å². The third-order valence-corrected chi connectivity index (χ3v) is 4.74. The summed E-state index contributed by atoms with van der Waals surface area (Å²) in [5.41, 5.74) is 5.23. The predicted octanol–water partition coefficient (Wildman–Crippen LogP) is 1.35. The van der Waals surface area contributed by atoms with Crippen molar-refractivity contribution in [2.24, 2.45) is 5.73 Å². The van der Waals surface area contributed by atoms with E-state index in [-0.39, 0.29) is 11.9 Å². The summed E-state index contributed by atoms with van der Waals surface area (Å²) >= 11 is 1.16. The van der Waals surface area contributed by atoms with E-state index in [9.17, 15) is 9.59 Å². The van der Waals surface area contributed by atoms with Crippen LogP contribution in [0.1, 0.15) is 32.2 Å². The second kappa shape index (κ2) is 5.69. The van der Waals surface area contributed by atoms with E-state index in [1.54, 1.807) is 18.3 Å². The topological polar surface area (TPSA) is 81.2 Å². The normalized spacial score (nSPS) is 18.1. The monoisotopic (exact) mass is 304 g/mol. The average Bonchev–Trinajstić information content (AvgIpc) is 3.20. The molecule has 2 amide bonds. The molecule has 0 bridgehead atoms. The van der Waals surface area contributed by atoms with Crippen molar-refractivity contribution in [2.45, 2.75) is 25.4 Å². The first-order valence-corrected chi connectivity index (χ1v) is 7.65. The molecule has 0 spiro atoms. The molecule has 1 fully saturated rings. The van der Waals surface area contributed by atoms with E-state index in [0.717, 1.165) is 30.7 Å². The first-order chi connectivity index (χ1) is 10.1. The molecular formula is C14H16N4O2S. The van der Waals surface area contributed by atoms with Crippen molar-refractivity contribution in [1.29, 1.82) is 0 Å². The molecule has 6 nitrogen and oxygen atoms in total. The lowest BCUT2D eigenvalue weighted by atomic mass is 10.2. The van der Waals surface area contributed by atoms with Crippen molar-refractivity contribution < 1.29 is 9.59 Å². The zero-order valence-electron chi connectivity index (χ0n) is 11.4. The van der Waals surface area contributed by atoms with Gasteiger partial charge in [0.25, 0.3) is 11.8 Å². The van der Waals surface area contributed by atoms with Crippen molar-refractivity contribution in [1.82, 2.24) is 14.7 Å². The summed E-state index contributed by atoms with van der Waals surface area (Å²) in [5, 5.41) is 4.19. The maximum atomic E-state index is 12.6. The Kier molecular flexibility index (Phi) is 3.74. The number of nitrogens with two attached hydrogens (primary N) is 1. The third kappa shape index (κ3) is 2.82. The predicted molar refractivity (Wildman–Crippen MR) is 79.1 cm³/mol. The molecule has 0 unspecified atom stereocenters. The summed E-state index contributed by atoms with van der Waals surface area (Å²) in [4.78, 5) is 26.6. The summed E-state index contributed by atoms with van der Waals surface area (Å²) in [6, 6.07) is 5.31. The minimum absolute atomic E-state index is 0.0258. The molecule has 3 rings (SSSR count). The van der Waals surface area contributed by atoms with Gasteiger partial charge >= 0.3 is 0 Å². The number of aromatic nitrogens is 2. The van der Waals surface area contributed by atoms with Crippen molar-refractivity contribution in [2.75, 3.05) is 6.54 Å². The minimum atomic E-state index is -0.492. The van der Waals surface area contributed by atoms with Crippen molar-refractivity contribution in [3.8, 4) is 0 Å². The Hall–Kier alpha value is -2.15. The highest BCUT2D eigenvalue weighted by Gasteiger charge is 2.30. The van der Waals surface area contributed by atoms with Gasteiger partial charge in [-0.2, -0.15) is 5.10 Å². The summed E-state index contributed by atoms with van der Waals surface area (Å²) in [6.07, 6.45) is 5.60. The fourth-order valence-corrected chi connectivity index (χ4v) is 3.46. The Balaban J connectivity index is 1.74. The van der Waals surface area contributed by atoms with Gasteiger partial charge in [0, 0.05) is 18.9 Å². The van der Waals surface area contributed by atoms with Crippen LogP contribution in [0.5, 0.6) is 0 Å². The summed E-state index contributed by atoms with van der Waals surface area (Å²) < 4.78 is 1.85. The Morgan fingerprint density at radius 1 is 1.38 bits per heavy atom. The van der Waals surface area contributed by atoms with Gasteiger partial charge in [0.15, 0.2) is 0 Å². The van der Waals surface area contributed by atoms with Crippen molar-refractivity contribution in [3.05, 3.63) is 40.3 Å². The van der Waals surface area contributed by atoms with Gasteiger partial charge in [0.2, 0.25) is 0 Å². The molecule has 1 aliphatic rings. The van der Waals surface area contributed by atoms with Crippen molar-refractivity contribution >= 4 is 23.2 Å². The maximum absolute atomic E-state index is 12.6. The number of hydrogen-bond acceptors (Lipinski definition) is 4. The van der Waals surface area contributed by atoms with Gasteiger partial charge in [-0.1, -0.05) is 0 Å². The van der Waals surface area contributed by atoms with E-state index < -0.39 is 5.91 Å². The molecule has 0 radical (unpaired) electrons. The zero-order chi connectivity index (χ0) is 14.8. The molecule has 0 aromatic carbocycles. The lowest BCUT2D eigenvalue weighted by Gasteiger charge is -2.24. The summed E-state index contributed by atoms with van der Waals surface area (Å²) in [7, 11) is 0. The highest BCUT2D eigenvalue weighted by atomic mass is 32.1. The van der Waals surface area contributed by atoms with Crippen LogP contribution in [0.25, 0.3) is 0 Å². The molecule has 2 aromatic rings. The zero-order valence-corrected chi connectivity index (χ0v) is 12.3. The number of thiophene rings is 1. The summed E-state index contributed by atoms with van der Waals surface area (Å²) in [5.74, 6) is -0.518. The van der Waals surface area contributed by atoms with E-state index in [1.165, 1.54) is 0 Å². The molecule has 21 heavy (non-hydrogen) atoms. The second-order valence-corrected chi connectivity index (χ2v) is 6.13. The summed E-state index contributed by atoms with van der Waals surface area (Å²) in [6.45, 7) is 1.45. The number of hydrogen-bond donors (Lipinski definition) is 1. The number of likely N-dealkylation sites (tertiary alicyclic amines) is 1. The highest BCUT2D eigenvalue weighted by molar-refractivity contribution is 7.15. The number of nitrogens with zero attached hydrogens (tertiary/aromatic N) is 3. The van der Waals surface area contributed by atoms with Gasteiger partial charge in [0.05, 0.1) is 22.3 Å². The van der Waals surface area contributed by atoms with Gasteiger partial charge in [-0.25, -0.2) is 0 Å². The number of rotatable bonds is 4. The van der Waals surface area contributed by atoms with Gasteiger partial charge in [-0.15, -0.1) is 11.3 Å². The van der Waals surface area contributed by atoms with Crippen LogP contribution >= 0.6 is 11.3 Å². The van der Waals surface area contributed by atoms with E-state index in [0.29, 0.717) is 16.3 Å². The molecule has 1 aliphatic heterocycles. The van der Waals surface area contributed by atoms with Crippen LogP contribution in [0, 0.1) is 0 Å². The van der Waals surface area contributed by atoms with Gasteiger partial charge < -0.3 is 10.6 Å². The fourth-order valence-electron chi connectivity index (χ4n) is 2.64. The lowest BCUT2D eigenvalue weighted by molar-refractivity contribution is 0.0726. The SMILES string of the molecule is NC(=O)c1ccc(C(=O)N2CCC[C@H]2Cn2cccn2)s1. The van der Waals surface area contributed by atoms with Crippen LogP contribution in [-0.2, 0) is 6.54 Å². The Labute approximate surface area is 126 Å². The largest absolute Gasteiger partial charge is 0.365 e. The molecule has 1 atom stereocenters. The maximum Gasteiger partial charge on any atom is 0.264 e. The first kappa shape index (κ1) is 13.8. The number of amides is 2. The molecule has 110 valence electrons. The van der Waals surface area contributed by atoms with Gasteiger partial charge in [-0.05, 0) is 31.0 Å². The smallest absolute Gasteiger partial charge is 0.264 e. The molecule has 3 heterocycles. The van der Waals surface area contributed by atoms with Crippen LogP contribution in [0.2, 0.25) is 0 Å². The standard InChI is InChI=1S/C14H16N4O2S/c15-13(19)11-4-5-12(21-11)14(20)18-8-1-3-10(18)9-17-7-2-6-16-17/h2,4-7,10H,1,3,8-9H2,(H2,15,19)/t10-/m0/s1. The second-order valence-electron chi connectivity index (χ2n) is 5.05. The van der Waals surface area contributed by atoms with Gasteiger partial charge in [-0.3, -0.25) is 14.3 Å². The molecular weight excluding hydrogens is 288 g/mol. The van der Waals surface area contributed by atoms with E-state index >= 15 is 0 Å². The Morgan fingerprint density at radius 2 is 2.19 bits per heavy atom.